The maximum atomic E-state index is 11.6. The highest BCUT2D eigenvalue weighted by Crippen LogP contribution is 2.53. The maximum absolute atomic E-state index is 11.6. The van der Waals surface area contributed by atoms with Crippen LogP contribution in [0, 0.1) is 11.8 Å². The zero-order valence-electron chi connectivity index (χ0n) is 9.38. The molecule has 0 bridgehead atoms. The summed E-state index contributed by atoms with van der Waals surface area (Å²) in [5.41, 5.74) is 2.63. The van der Waals surface area contributed by atoms with Crippen molar-refractivity contribution < 1.29 is 4.79 Å². The third-order valence-electron chi connectivity index (χ3n) is 3.79. The van der Waals surface area contributed by atoms with Crippen molar-refractivity contribution in [3.63, 3.8) is 0 Å². The Bertz CT molecular complexity index is 294. The van der Waals surface area contributed by atoms with Gasteiger partial charge in [0.1, 0.15) is 0 Å². The van der Waals surface area contributed by atoms with Gasteiger partial charge in [0.15, 0.2) is 0 Å². The topological polar surface area (TPSA) is 29.1 Å². The van der Waals surface area contributed by atoms with Crippen molar-refractivity contribution in [1.29, 1.82) is 0 Å². The van der Waals surface area contributed by atoms with E-state index in [1.165, 1.54) is 31.8 Å². The number of hydrogen-bond donors (Lipinski definition) is 1. The first-order valence-corrected chi connectivity index (χ1v) is 5.91. The highest BCUT2D eigenvalue weighted by atomic mass is 16.1. The van der Waals surface area contributed by atoms with Crippen LogP contribution < -0.4 is 5.32 Å². The average molecular weight is 205 g/mol. The van der Waals surface area contributed by atoms with E-state index in [1.807, 2.05) is 0 Å². The molecule has 82 valence electrons. The van der Waals surface area contributed by atoms with Crippen LogP contribution in [-0.4, -0.2) is 11.4 Å². The normalized spacial score (nSPS) is 20.6. The van der Waals surface area contributed by atoms with Crippen molar-refractivity contribution in [2.75, 3.05) is 0 Å². The molecule has 15 heavy (non-hydrogen) atoms. The zero-order valence-corrected chi connectivity index (χ0v) is 9.38. The minimum absolute atomic E-state index is 0.0225. The van der Waals surface area contributed by atoms with Gasteiger partial charge in [-0.05, 0) is 43.9 Å². The standard InChI is InChI=1S/C13H19NO/c1-3-5-12(15)14-13(4-2,10-6-7-10)11-8-9-11/h5,10-11H,1,4,6-9H2,2H3,(H,14,15). The Morgan fingerprint density at radius 3 is 2.33 bits per heavy atom. The largest absolute Gasteiger partial charge is 0.346 e. The Labute approximate surface area is 91.4 Å². The lowest BCUT2D eigenvalue weighted by Gasteiger charge is -2.34. The summed E-state index contributed by atoms with van der Waals surface area (Å²) in [7, 11) is 0. The third-order valence-corrected chi connectivity index (χ3v) is 3.79. The Kier molecular flexibility index (Phi) is 2.70. The third kappa shape index (κ3) is 2.00. The molecule has 2 nitrogen and oxygen atoms in total. The second-order valence-corrected chi connectivity index (χ2v) is 4.78. The van der Waals surface area contributed by atoms with Crippen LogP contribution in [0.15, 0.2) is 18.4 Å². The SMILES string of the molecule is C=C=CC(=O)NC(CC)(C1CC1)C1CC1. The van der Waals surface area contributed by atoms with Crippen LogP contribution in [0.25, 0.3) is 0 Å². The van der Waals surface area contributed by atoms with Crippen molar-refractivity contribution >= 4 is 5.91 Å². The molecule has 0 radical (unpaired) electrons. The molecular weight excluding hydrogens is 186 g/mol. The summed E-state index contributed by atoms with van der Waals surface area (Å²) in [6, 6.07) is 0. The van der Waals surface area contributed by atoms with E-state index in [9.17, 15) is 4.79 Å². The number of rotatable bonds is 5. The van der Waals surface area contributed by atoms with E-state index in [-0.39, 0.29) is 11.4 Å². The first-order chi connectivity index (χ1) is 7.23. The van der Waals surface area contributed by atoms with Crippen molar-refractivity contribution in [1.82, 2.24) is 5.32 Å². The Balaban J connectivity index is 2.10. The van der Waals surface area contributed by atoms with Crippen molar-refractivity contribution in [3.8, 4) is 0 Å². The van der Waals surface area contributed by atoms with E-state index >= 15 is 0 Å². The quantitative estimate of drug-likeness (QED) is 0.542. The molecule has 0 atom stereocenters. The van der Waals surface area contributed by atoms with Gasteiger partial charge in [0.25, 0.3) is 5.91 Å². The fourth-order valence-electron chi connectivity index (χ4n) is 2.76. The molecule has 0 aromatic heterocycles. The van der Waals surface area contributed by atoms with E-state index < -0.39 is 0 Å². The lowest BCUT2D eigenvalue weighted by molar-refractivity contribution is -0.119. The molecule has 0 heterocycles. The van der Waals surface area contributed by atoms with Gasteiger partial charge >= 0.3 is 0 Å². The fraction of sp³-hybridized carbons (Fsp3) is 0.692. The lowest BCUT2D eigenvalue weighted by atomic mass is 9.84. The van der Waals surface area contributed by atoms with Crippen LogP contribution in [-0.2, 0) is 4.79 Å². The van der Waals surface area contributed by atoms with Crippen LogP contribution in [0.4, 0.5) is 0 Å². The van der Waals surface area contributed by atoms with Gasteiger partial charge in [-0.3, -0.25) is 4.79 Å². The summed E-state index contributed by atoms with van der Waals surface area (Å²) in [6.07, 6.45) is 7.59. The van der Waals surface area contributed by atoms with E-state index in [1.54, 1.807) is 0 Å². The van der Waals surface area contributed by atoms with Crippen molar-refractivity contribution in [2.24, 2.45) is 11.8 Å². The molecular formula is C13H19NO. The smallest absolute Gasteiger partial charge is 0.252 e. The molecule has 0 aromatic rings. The molecule has 1 amide bonds. The second kappa shape index (κ2) is 3.86. The molecule has 0 aliphatic heterocycles. The van der Waals surface area contributed by atoms with Crippen LogP contribution in [0.1, 0.15) is 39.0 Å². The van der Waals surface area contributed by atoms with Gasteiger partial charge in [0.05, 0.1) is 0 Å². The number of carbonyl (C=O) groups excluding carboxylic acids is 1. The number of nitrogens with one attached hydrogen (secondary N) is 1. The predicted molar refractivity (Wildman–Crippen MR) is 60.3 cm³/mol. The summed E-state index contributed by atoms with van der Waals surface area (Å²) in [4.78, 5) is 11.6. The summed E-state index contributed by atoms with van der Waals surface area (Å²) in [6.45, 7) is 5.63. The van der Waals surface area contributed by atoms with Crippen LogP contribution in [0.5, 0.6) is 0 Å². The maximum Gasteiger partial charge on any atom is 0.252 e. The first kappa shape index (κ1) is 10.5. The van der Waals surface area contributed by atoms with E-state index in [2.05, 4.69) is 24.6 Å². The summed E-state index contributed by atoms with van der Waals surface area (Å²) in [5, 5.41) is 3.21. The fourth-order valence-corrected chi connectivity index (χ4v) is 2.76. The number of carbonyl (C=O) groups is 1. The number of hydrogen-bond acceptors (Lipinski definition) is 1. The van der Waals surface area contributed by atoms with Gasteiger partial charge in [-0.25, -0.2) is 0 Å². The molecule has 2 fully saturated rings. The second-order valence-electron chi connectivity index (χ2n) is 4.78. The summed E-state index contributed by atoms with van der Waals surface area (Å²) < 4.78 is 0. The molecule has 1 N–H and O–H groups in total. The minimum atomic E-state index is -0.0225. The highest BCUT2D eigenvalue weighted by molar-refractivity contribution is 5.88. The van der Waals surface area contributed by atoms with Crippen LogP contribution >= 0.6 is 0 Å². The van der Waals surface area contributed by atoms with Crippen LogP contribution in [0.2, 0.25) is 0 Å². The van der Waals surface area contributed by atoms with E-state index in [4.69, 9.17) is 0 Å². The molecule has 0 saturated heterocycles. The van der Waals surface area contributed by atoms with Gasteiger partial charge in [0.2, 0.25) is 0 Å². The lowest BCUT2D eigenvalue weighted by Crippen LogP contribution is -2.51. The van der Waals surface area contributed by atoms with Crippen LogP contribution in [0.3, 0.4) is 0 Å². The average Bonchev–Trinajstić information content (AvgIpc) is 3.05. The molecule has 2 saturated carbocycles. The molecule has 2 aliphatic carbocycles. The molecule has 0 spiro atoms. The Morgan fingerprint density at radius 2 is 2.00 bits per heavy atom. The predicted octanol–water partition coefficient (Wildman–Crippen LogP) is 2.41. The molecule has 0 aromatic carbocycles. The molecule has 2 heteroatoms. The Morgan fingerprint density at radius 1 is 1.47 bits per heavy atom. The van der Waals surface area contributed by atoms with Gasteiger partial charge in [-0.2, -0.15) is 0 Å². The van der Waals surface area contributed by atoms with Gasteiger partial charge in [-0.15, -0.1) is 5.73 Å². The van der Waals surface area contributed by atoms with E-state index in [0.717, 1.165) is 18.3 Å². The highest BCUT2D eigenvalue weighted by Gasteiger charge is 2.53. The summed E-state index contributed by atoms with van der Waals surface area (Å²) >= 11 is 0. The molecule has 2 aliphatic rings. The van der Waals surface area contributed by atoms with Crippen molar-refractivity contribution in [2.45, 2.75) is 44.6 Å². The van der Waals surface area contributed by atoms with Crippen molar-refractivity contribution in [3.05, 3.63) is 18.4 Å². The Hall–Kier alpha value is -1.01. The van der Waals surface area contributed by atoms with E-state index in [0.29, 0.717) is 0 Å². The minimum Gasteiger partial charge on any atom is -0.346 e. The van der Waals surface area contributed by atoms with Gasteiger partial charge in [0, 0.05) is 11.6 Å². The summed E-state index contributed by atoms with van der Waals surface area (Å²) in [5.74, 6) is 1.42. The molecule has 2 rings (SSSR count). The van der Waals surface area contributed by atoms with Gasteiger partial charge < -0.3 is 5.32 Å². The van der Waals surface area contributed by atoms with Gasteiger partial charge in [-0.1, -0.05) is 13.5 Å². The zero-order chi connectivity index (χ0) is 10.9. The monoisotopic (exact) mass is 205 g/mol. The number of amides is 1. The molecule has 0 unspecified atom stereocenters. The first-order valence-electron chi connectivity index (χ1n) is 5.91.